The Morgan fingerprint density at radius 3 is 2.56 bits per heavy atom. The van der Waals surface area contributed by atoms with E-state index in [1.54, 1.807) is 0 Å². The van der Waals surface area contributed by atoms with Crippen molar-refractivity contribution in [1.29, 1.82) is 5.26 Å². The number of aryl methyl sites for hydroxylation is 1. The zero-order valence-corrected chi connectivity index (χ0v) is 10.3. The molecule has 1 atom stereocenters. The average molecular weight is 213 g/mol. The molecule has 1 unspecified atom stereocenters. The summed E-state index contributed by atoms with van der Waals surface area (Å²) in [5.74, 6) is 0.559. The highest BCUT2D eigenvalue weighted by molar-refractivity contribution is 5.24. The van der Waals surface area contributed by atoms with Gasteiger partial charge in [-0.15, -0.1) is 0 Å². The molecule has 0 aliphatic heterocycles. The zero-order chi connectivity index (χ0) is 12.0. The van der Waals surface area contributed by atoms with Crippen LogP contribution in [0, 0.1) is 18.3 Å². The molecule has 1 heteroatoms. The monoisotopic (exact) mass is 213 g/mol. The van der Waals surface area contributed by atoms with Crippen molar-refractivity contribution in [3.8, 4) is 6.07 Å². The van der Waals surface area contributed by atoms with Crippen LogP contribution in [0.3, 0.4) is 0 Å². The second-order valence-electron chi connectivity index (χ2n) is 4.39. The van der Waals surface area contributed by atoms with Crippen LogP contribution in [-0.4, -0.2) is 0 Å². The van der Waals surface area contributed by atoms with Crippen LogP contribution in [0.1, 0.15) is 43.7 Å². The smallest absolute Gasteiger partial charge is 0.0940 e. The highest BCUT2D eigenvalue weighted by Gasteiger charge is 2.03. The van der Waals surface area contributed by atoms with E-state index in [2.05, 4.69) is 44.2 Å². The average Bonchev–Trinajstić information content (AvgIpc) is 2.29. The maximum absolute atomic E-state index is 8.63. The Balaban J connectivity index is 2.50. The third kappa shape index (κ3) is 3.90. The van der Waals surface area contributed by atoms with Gasteiger partial charge in [-0.3, -0.25) is 0 Å². The van der Waals surface area contributed by atoms with Crippen molar-refractivity contribution in [2.24, 2.45) is 0 Å². The quantitative estimate of drug-likeness (QED) is 0.682. The predicted molar refractivity (Wildman–Crippen MR) is 68.2 cm³/mol. The minimum absolute atomic E-state index is 0.559. The predicted octanol–water partition coefficient (Wildman–Crippen LogP) is 4.35. The van der Waals surface area contributed by atoms with E-state index in [1.807, 2.05) is 13.0 Å². The minimum Gasteiger partial charge on any atom is -0.193 e. The van der Waals surface area contributed by atoms with Gasteiger partial charge in [-0.1, -0.05) is 42.8 Å². The Hall–Kier alpha value is -1.55. The number of nitriles is 1. The van der Waals surface area contributed by atoms with Crippen LogP contribution in [0.15, 0.2) is 35.9 Å². The van der Waals surface area contributed by atoms with Crippen LogP contribution in [0.5, 0.6) is 0 Å². The fourth-order valence-corrected chi connectivity index (χ4v) is 1.66. The molecule has 0 aliphatic rings. The molecule has 0 bridgehead atoms. The number of allylic oxidation sites excluding steroid dienone is 2. The van der Waals surface area contributed by atoms with E-state index in [1.165, 1.54) is 11.1 Å². The number of hydrogen-bond donors (Lipinski definition) is 0. The molecule has 84 valence electrons. The van der Waals surface area contributed by atoms with Crippen LogP contribution in [0.25, 0.3) is 0 Å². The van der Waals surface area contributed by atoms with Gasteiger partial charge in [0.25, 0.3) is 0 Å². The second-order valence-corrected chi connectivity index (χ2v) is 4.39. The fourth-order valence-electron chi connectivity index (χ4n) is 1.66. The van der Waals surface area contributed by atoms with Gasteiger partial charge in [-0.2, -0.15) is 5.26 Å². The van der Waals surface area contributed by atoms with E-state index in [4.69, 9.17) is 5.26 Å². The number of benzene rings is 1. The highest BCUT2D eigenvalue weighted by atomic mass is 14.2. The molecule has 0 radical (unpaired) electrons. The van der Waals surface area contributed by atoms with Crippen molar-refractivity contribution in [3.63, 3.8) is 0 Å². The lowest BCUT2D eigenvalue weighted by Crippen LogP contribution is -1.92. The Morgan fingerprint density at radius 2 is 2.00 bits per heavy atom. The summed E-state index contributed by atoms with van der Waals surface area (Å²) in [5.41, 5.74) is 3.50. The molecule has 16 heavy (non-hydrogen) atoms. The Bertz CT molecular complexity index is 392. The molecule has 0 N–H and O–H groups in total. The van der Waals surface area contributed by atoms with E-state index in [0.717, 1.165) is 18.4 Å². The molecule has 1 aromatic carbocycles. The lowest BCUT2D eigenvalue weighted by Gasteiger charge is -2.10. The molecule has 0 fully saturated rings. The first kappa shape index (κ1) is 12.5. The van der Waals surface area contributed by atoms with Gasteiger partial charge in [0.2, 0.25) is 0 Å². The van der Waals surface area contributed by atoms with Crippen molar-refractivity contribution < 1.29 is 0 Å². The molecule has 1 aromatic rings. The van der Waals surface area contributed by atoms with Gasteiger partial charge < -0.3 is 0 Å². The number of nitrogens with zero attached hydrogens (tertiary/aromatic N) is 1. The highest BCUT2D eigenvalue weighted by Crippen LogP contribution is 2.21. The summed E-state index contributed by atoms with van der Waals surface area (Å²) in [6, 6.07) is 10.8. The van der Waals surface area contributed by atoms with E-state index < -0.39 is 0 Å². The first-order chi connectivity index (χ1) is 7.63. The fraction of sp³-hybridized carbons (Fsp3) is 0.400. The molecule has 0 amide bonds. The van der Waals surface area contributed by atoms with E-state index in [0.29, 0.717) is 5.92 Å². The van der Waals surface area contributed by atoms with Gasteiger partial charge >= 0.3 is 0 Å². The van der Waals surface area contributed by atoms with Crippen LogP contribution in [-0.2, 0) is 0 Å². The van der Waals surface area contributed by atoms with E-state index in [9.17, 15) is 0 Å². The standard InChI is InChI=1S/C15H19N/c1-12-7-9-15(10-8-12)14(3)6-4-5-13(2)11-16/h5,7-10,14H,4,6H2,1-3H3/b13-5-. The SMILES string of the molecule is C/C(C#N)=C/CCC(C)c1ccc(C)cc1. The van der Waals surface area contributed by atoms with Gasteiger partial charge in [0.1, 0.15) is 0 Å². The summed E-state index contributed by atoms with van der Waals surface area (Å²) in [7, 11) is 0. The van der Waals surface area contributed by atoms with Gasteiger partial charge in [0, 0.05) is 5.57 Å². The van der Waals surface area contributed by atoms with Crippen molar-refractivity contribution >= 4 is 0 Å². The summed E-state index contributed by atoms with van der Waals surface area (Å²) in [4.78, 5) is 0. The summed E-state index contributed by atoms with van der Waals surface area (Å²) in [6.45, 7) is 6.20. The van der Waals surface area contributed by atoms with E-state index >= 15 is 0 Å². The van der Waals surface area contributed by atoms with Crippen molar-refractivity contribution in [3.05, 3.63) is 47.0 Å². The van der Waals surface area contributed by atoms with Crippen LogP contribution in [0.2, 0.25) is 0 Å². The molecular formula is C15H19N. The van der Waals surface area contributed by atoms with Gasteiger partial charge in [-0.25, -0.2) is 0 Å². The van der Waals surface area contributed by atoms with Crippen molar-refractivity contribution in [2.75, 3.05) is 0 Å². The third-order valence-corrected chi connectivity index (χ3v) is 2.87. The second kappa shape index (κ2) is 6.12. The van der Waals surface area contributed by atoms with Crippen LogP contribution in [0.4, 0.5) is 0 Å². The third-order valence-electron chi connectivity index (χ3n) is 2.87. The van der Waals surface area contributed by atoms with Gasteiger partial charge in [-0.05, 0) is 38.2 Å². The normalized spacial score (nSPS) is 13.2. The number of hydrogen-bond acceptors (Lipinski definition) is 1. The summed E-state index contributed by atoms with van der Waals surface area (Å²) >= 11 is 0. The van der Waals surface area contributed by atoms with Crippen LogP contribution >= 0.6 is 0 Å². The minimum atomic E-state index is 0.559. The maximum Gasteiger partial charge on any atom is 0.0940 e. The first-order valence-corrected chi connectivity index (χ1v) is 5.77. The molecule has 1 rings (SSSR count). The molecule has 0 aromatic heterocycles. The van der Waals surface area contributed by atoms with Crippen molar-refractivity contribution in [1.82, 2.24) is 0 Å². The topological polar surface area (TPSA) is 23.8 Å². The summed E-state index contributed by atoms with van der Waals surface area (Å²) in [6.07, 6.45) is 4.10. The number of rotatable bonds is 4. The molecule has 1 nitrogen and oxygen atoms in total. The zero-order valence-electron chi connectivity index (χ0n) is 10.3. The molecule has 0 aliphatic carbocycles. The lowest BCUT2D eigenvalue weighted by molar-refractivity contribution is 0.689. The molecule has 0 spiro atoms. The van der Waals surface area contributed by atoms with Gasteiger partial charge in [0.05, 0.1) is 6.07 Å². The van der Waals surface area contributed by atoms with E-state index in [-0.39, 0.29) is 0 Å². The molecule has 0 saturated carbocycles. The van der Waals surface area contributed by atoms with Gasteiger partial charge in [0.15, 0.2) is 0 Å². The summed E-state index contributed by atoms with van der Waals surface area (Å²) < 4.78 is 0. The largest absolute Gasteiger partial charge is 0.193 e. The maximum atomic E-state index is 8.63. The Kier molecular flexibility index (Phi) is 4.79. The van der Waals surface area contributed by atoms with Crippen molar-refractivity contribution in [2.45, 2.75) is 39.5 Å². The Morgan fingerprint density at radius 1 is 1.38 bits per heavy atom. The van der Waals surface area contributed by atoms with Crippen LogP contribution < -0.4 is 0 Å². The molecular weight excluding hydrogens is 194 g/mol. The summed E-state index contributed by atoms with van der Waals surface area (Å²) in [5, 5.41) is 8.63. The lowest BCUT2D eigenvalue weighted by atomic mass is 9.95. The Labute approximate surface area is 98.4 Å². The first-order valence-electron chi connectivity index (χ1n) is 5.77. The molecule has 0 saturated heterocycles. The molecule has 0 heterocycles.